The van der Waals surface area contributed by atoms with Crippen molar-refractivity contribution in [3.8, 4) is 0 Å². The largest absolute Gasteiger partial charge is 0.370 e. The van der Waals surface area contributed by atoms with Gasteiger partial charge in [0.25, 0.3) is 0 Å². The van der Waals surface area contributed by atoms with Crippen LogP contribution in [-0.2, 0) is 13.0 Å². The second kappa shape index (κ2) is 8.99. The zero-order valence-electron chi connectivity index (χ0n) is 15.5. The van der Waals surface area contributed by atoms with E-state index in [1.165, 1.54) is 11.1 Å². The van der Waals surface area contributed by atoms with Gasteiger partial charge in [-0.2, -0.15) is 0 Å². The molecule has 0 aliphatic rings. The Morgan fingerprint density at radius 3 is 2.19 bits per heavy atom. The quantitative estimate of drug-likeness (QED) is 0.650. The molecule has 134 valence electrons. The Kier molecular flexibility index (Phi) is 6.20. The summed E-state index contributed by atoms with van der Waals surface area (Å²) in [5.41, 5.74) is 2.60. The average molecular weight is 346 g/mol. The highest BCUT2D eigenvalue weighted by atomic mass is 15.2. The molecule has 0 atom stereocenters. The van der Waals surface area contributed by atoms with Crippen molar-refractivity contribution < 1.29 is 0 Å². The monoisotopic (exact) mass is 346 g/mol. The molecule has 0 unspecified atom stereocenters. The Morgan fingerprint density at radius 2 is 1.54 bits per heavy atom. The zero-order valence-corrected chi connectivity index (χ0v) is 15.5. The lowest BCUT2D eigenvalue weighted by Crippen LogP contribution is -2.31. The van der Waals surface area contributed by atoms with E-state index < -0.39 is 0 Å². The molecule has 0 amide bonds. The molecule has 0 saturated heterocycles. The first kappa shape index (κ1) is 17.9. The topological polar surface area (TPSA) is 41.0 Å². The molecule has 2 aromatic carbocycles. The minimum atomic E-state index is 0.349. The second-order valence-corrected chi connectivity index (χ2v) is 6.63. The number of benzene rings is 2. The number of nitrogens with one attached hydrogen (secondary N) is 1. The number of hydrogen-bond donors (Lipinski definition) is 1. The molecule has 0 spiro atoms. The molecule has 0 fully saturated rings. The summed E-state index contributed by atoms with van der Waals surface area (Å²) in [6.07, 6.45) is 2.61. The van der Waals surface area contributed by atoms with E-state index in [-0.39, 0.29) is 0 Å². The van der Waals surface area contributed by atoms with Crippen LogP contribution in [0.2, 0.25) is 0 Å². The zero-order chi connectivity index (χ0) is 18.2. The number of hydrogen-bond acceptors (Lipinski definition) is 4. The molecule has 4 heteroatoms. The summed E-state index contributed by atoms with van der Waals surface area (Å²) in [5.74, 6) is 1.81. The molecule has 3 rings (SSSR count). The van der Waals surface area contributed by atoms with E-state index in [9.17, 15) is 0 Å². The lowest BCUT2D eigenvalue weighted by Gasteiger charge is -2.28. The molecular weight excluding hydrogens is 320 g/mol. The van der Waals surface area contributed by atoms with Crippen molar-refractivity contribution in [2.75, 3.05) is 16.8 Å². The van der Waals surface area contributed by atoms with Gasteiger partial charge in [-0.15, -0.1) is 0 Å². The van der Waals surface area contributed by atoms with Gasteiger partial charge in [0.1, 0.15) is 18.0 Å². The van der Waals surface area contributed by atoms with Crippen LogP contribution >= 0.6 is 0 Å². The van der Waals surface area contributed by atoms with Crippen molar-refractivity contribution in [1.29, 1.82) is 0 Å². The highest BCUT2D eigenvalue weighted by molar-refractivity contribution is 5.49. The fourth-order valence-corrected chi connectivity index (χ4v) is 2.89. The highest BCUT2D eigenvalue weighted by Crippen LogP contribution is 2.19. The van der Waals surface area contributed by atoms with Crippen LogP contribution < -0.4 is 10.2 Å². The maximum absolute atomic E-state index is 4.50. The maximum Gasteiger partial charge on any atom is 0.134 e. The summed E-state index contributed by atoms with van der Waals surface area (Å²) in [6, 6.07) is 23.4. The van der Waals surface area contributed by atoms with E-state index in [1.54, 1.807) is 6.33 Å². The van der Waals surface area contributed by atoms with Gasteiger partial charge in [0.05, 0.1) is 0 Å². The molecule has 3 aromatic rings. The van der Waals surface area contributed by atoms with Gasteiger partial charge in [-0.3, -0.25) is 0 Å². The predicted molar refractivity (Wildman–Crippen MR) is 108 cm³/mol. The van der Waals surface area contributed by atoms with Gasteiger partial charge in [-0.25, -0.2) is 9.97 Å². The van der Waals surface area contributed by atoms with Gasteiger partial charge in [-0.05, 0) is 31.4 Å². The lowest BCUT2D eigenvalue weighted by atomic mass is 10.1. The molecule has 0 saturated carbocycles. The number of nitrogens with zero attached hydrogens (tertiary/aromatic N) is 3. The first-order valence-electron chi connectivity index (χ1n) is 9.13. The van der Waals surface area contributed by atoms with Crippen molar-refractivity contribution in [3.63, 3.8) is 0 Å². The first-order chi connectivity index (χ1) is 12.7. The molecule has 1 aromatic heterocycles. The third-order valence-electron chi connectivity index (χ3n) is 4.33. The van der Waals surface area contributed by atoms with Crippen molar-refractivity contribution in [1.82, 2.24) is 9.97 Å². The smallest absolute Gasteiger partial charge is 0.134 e. The predicted octanol–water partition coefficient (Wildman–Crippen LogP) is 4.55. The minimum Gasteiger partial charge on any atom is -0.370 e. The third-order valence-corrected chi connectivity index (χ3v) is 4.33. The van der Waals surface area contributed by atoms with E-state index in [0.717, 1.165) is 31.1 Å². The molecule has 4 nitrogen and oxygen atoms in total. The number of anilines is 2. The van der Waals surface area contributed by atoms with Crippen LogP contribution in [0.5, 0.6) is 0 Å². The van der Waals surface area contributed by atoms with Gasteiger partial charge >= 0.3 is 0 Å². The van der Waals surface area contributed by atoms with E-state index in [1.807, 2.05) is 18.2 Å². The molecule has 1 heterocycles. The van der Waals surface area contributed by atoms with Gasteiger partial charge in [0.2, 0.25) is 0 Å². The summed E-state index contributed by atoms with van der Waals surface area (Å²) in [4.78, 5) is 11.2. The van der Waals surface area contributed by atoms with Gasteiger partial charge in [0, 0.05) is 25.2 Å². The van der Waals surface area contributed by atoms with E-state index in [0.29, 0.717) is 6.04 Å². The summed E-state index contributed by atoms with van der Waals surface area (Å²) in [7, 11) is 0. The van der Waals surface area contributed by atoms with Crippen molar-refractivity contribution in [2.24, 2.45) is 0 Å². The Bertz CT molecular complexity index is 788. The second-order valence-electron chi connectivity index (χ2n) is 6.63. The summed E-state index contributed by atoms with van der Waals surface area (Å²) in [5, 5.41) is 3.41. The van der Waals surface area contributed by atoms with Crippen LogP contribution in [0, 0.1) is 0 Å². The average Bonchev–Trinajstić information content (AvgIpc) is 2.68. The molecule has 0 aliphatic carbocycles. The molecule has 0 aliphatic heterocycles. The van der Waals surface area contributed by atoms with Gasteiger partial charge < -0.3 is 10.2 Å². The summed E-state index contributed by atoms with van der Waals surface area (Å²) in [6.45, 7) is 6.06. The van der Waals surface area contributed by atoms with Crippen LogP contribution in [0.1, 0.15) is 25.0 Å². The molecule has 26 heavy (non-hydrogen) atoms. The Hall–Kier alpha value is -2.88. The van der Waals surface area contributed by atoms with Crippen LogP contribution in [0.4, 0.5) is 11.6 Å². The van der Waals surface area contributed by atoms with Crippen molar-refractivity contribution in [2.45, 2.75) is 32.9 Å². The highest BCUT2D eigenvalue weighted by Gasteiger charge is 2.13. The minimum absolute atomic E-state index is 0.349. The van der Waals surface area contributed by atoms with Crippen LogP contribution in [-0.4, -0.2) is 22.6 Å². The van der Waals surface area contributed by atoms with E-state index in [2.05, 4.69) is 82.6 Å². The SMILES string of the molecule is CC(C)N(Cc1ccccc1)c1cc(NCCc2ccccc2)ncn1. The van der Waals surface area contributed by atoms with Crippen LogP contribution in [0.3, 0.4) is 0 Å². The standard InChI is InChI=1S/C22H26N4/c1-18(2)26(16-20-11-7-4-8-12-20)22-15-21(24-17-25-22)23-14-13-19-9-5-3-6-10-19/h3-12,15,17-18H,13-14,16H2,1-2H3,(H,23,24,25). The molecule has 0 bridgehead atoms. The molecular formula is C22H26N4. The molecule has 1 N–H and O–H groups in total. The van der Waals surface area contributed by atoms with Crippen LogP contribution in [0.25, 0.3) is 0 Å². The number of aromatic nitrogens is 2. The van der Waals surface area contributed by atoms with Crippen molar-refractivity contribution in [3.05, 3.63) is 84.2 Å². The number of rotatable bonds is 8. The van der Waals surface area contributed by atoms with E-state index in [4.69, 9.17) is 0 Å². The molecule has 0 radical (unpaired) electrons. The Labute approximate surface area is 155 Å². The lowest BCUT2D eigenvalue weighted by molar-refractivity contribution is 0.671. The fourth-order valence-electron chi connectivity index (χ4n) is 2.89. The van der Waals surface area contributed by atoms with Gasteiger partial charge in [0.15, 0.2) is 0 Å². The summed E-state index contributed by atoms with van der Waals surface area (Å²) >= 11 is 0. The first-order valence-corrected chi connectivity index (χ1v) is 9.13. The Morgan fingerprint density at radius 1 is 0.885 bits per heavy atom. The Balaban J connectivity index is 1.66. The van der Waals surface area contributed by atoms with Crippen molar-refractivity contribution >= 4 is 11.6 Å². The summed E-state index contributed by atoms with van der Waals surface area (Å²) < 4.78 is 0. The van der Waals surface area contributed by atoms with Crippen LogP contribution in [0.15, 0.2) is 73.1 Å². The normalized spacial score (nSPS) is 10.7. The maximum atomic E-state index is 4.50. The third kappa shape index (κ3) is 5.06. The fraction of sp³-hybridized carbons (Fsp3) is 0.273. The van der Waals surface area contributed by atoms with E-state index >= 15 is 0 Å². The van der Waals surface area contributed by atoms with Gasteiger partial charge in [-0.1, -0.05) is 60.7 Å².